The molecule has 0 aromatic heterocycles. The van der Waals surface area contributed by atoms with Crippen molar-refractivity contribution in [3.63, 3.8) is 0 Å². The zero-order valence-electron chi connectivity index (χ0n) is 10.1. The summed E-state index contributed by atoms with van der Waals surface area (Å²) < 4.78 is 7.88. The number of rotatable bonds is 3. The van der Waals surface area contributed by atoms with E-state index in [9.17, 15) is 0 Å². The number of benzene rings is 1. The van der Waals surface area contributed by atoms with Crippen molar-refractivity contribution in [2.75, 3.05) is 0 Å². The van der Waals surface area contributed by atoms with Gasteiger partial charge in [0.2, 0.25) is 0 Å². The Labute approximate surface area is 83.4 Å². The van der Waals surface area contributed by atoms with Crippen LogP contribution in [0.25, 0.3) is 0 Å². The van der Waals surface area contributed by atoms with Gasteiger partial charge in [0.05, 0.1) is 0 Å². The lowest BCUT2D eigenvalue weighted by atomic mass is 9.98. The van der Waals surface area contributed by atoms with Crippen LogP contribution in [0.5, 0.6) is 0 Å². The van der Waals surface area contributed by atoms with E-state index in [-0.39, 0.29) is 0 Å². The molecule has 0 heterocycles. The van der Waals surface area contributed by atoms with Gasteiger partial charge in [-0.25, -0.2) is 0 Å². The van der Waals surface area contributed by atoms with Crippen molar-refractivity contribution in [1.29, 1.82) is 0 Å². The molecule has 0 saturated heterocycles. The van der Waals surface area contributed by atoms with Crippen LogP contribution in [0.1, 0.15) is 46.1 Å². The lowest BCUT2D eigenvalue weighted by Gasteiger charge is -2.08. The van der Waals surface area contributed by atoms with Crippen molar-refractivity contribution in [1.82, 2.24) is 0 Å². The predicted octanol–water partition coefficient (Wildman–Crippen LogP) is 4.01. The second kappa shape index (κ2) is 4.45. The van der Waals surface area contributed by atoms with Crippen molar-refractivity contribution in [3.05, 3.63) is 35.4 Å². The highest BCUT2D eigenvalue weighted by Crippen LogP contribution is 2.16. The normalized spacial score (nSPS) is 13.2. The number of hydrogen-bond donors (Lipinski definition) is 0. The first kappa shape index (κ1) is 8.80. The molecule has 0 unspecified atom stereocenters. The van der Waals surface area contributed by atoms with Crippen molar-refractivity contribution in [2.45, 2.75) is 40.0 Å². The molecule has 72 valence electrons. The van der Waals surface area contributed by atoms with Gasteiger partial charge in [-0.05, 0) is 29.4 Å². The van der Waals surface area contributed by atoms with Crippen LogP contribution in [-0.2, 0) is 6.42 Å². The Hall–Kier alpha value is -0.780. The van der Waals surface area contributed by atoms with Gasteiger partial charge < -0.3 is 0 Å². The molecule has 0 bridgehead atoms. The van der Waals surface area contributed by atoms with E-state index in [2.05, 4.69) is 38.1 Å². The maximum atomic E-state index is 7.88. The summed E-state index contributed by atoms with van der Waals surface area (Å²) in [5.74, 6) is 0.223. The molecule has 0 atom stereocenters. The Morgan fingerprint density at radius 2 is 1.62 bits per heavy atom. The van der Waals surface area contributed by atoms with E-state index in [0.717, 1.165) is 12.0 Å². The highest BCUT2D eigenvalue weighted by Gasteiger charge is 2.00. The van der Waals surface area contributed by atoms with Crippen LogP contribution in [-0.4, -0.2) is 0 Å². The van der Waals surface area contributed by atoms with Gasteiger partial charge in [0, 0.05) is 1.37 Å². The third-order valence-electron chi connectivity index (χ3n) is 2.18. The Bertz CT molecular complexity index is 277. The molecule has 0 nitrogen and oxygen atoms in total. The van der Waals surface area contributed by atoms with E-state index in [1.54, 1.807) is 0 Å². The summed E-state index contributed by atoms with van der Waals surface area (Å²) in [4.78, 5) is 0. The second-order valence-corrected chi connectivity index (χ2v) is 4.29. The minimum absolute atomic E-state index is 0.476. The Kier molecular flexibility index (Phi) is 3.02. The lowest BCUT2D eigenvalue weighted by Crippen LogP contribution is -1.94. The lowest BCUT2D eigenvalue weighted by molar-refractivity contribution is 0.647. The van der Waals surface area contributed by atoms with Gasteiger partial charge in [0.25, 0.3) is 0 Å². The van der Waals surface area contributed by atoms with Crippen LogP contribution in [0.2, 0.25) is 0 Å². The summed E-state index contributed by atoms with van der Waals surface area (Å²) in [5.41, 5.74) is 2.46. The maximum Gasteiger partial charge on any atom is 0.0347 e. The summed E-state index contributed by atoms with van der Waals surface area (Å²) in [5, 5.41) is 0. The summed E-state index contributed by atoms with van der Waals surface area (Å²) in [7, 11) is 0. The first-order valence-corrected chi connectivity index (χ1v) is 4.99. The van der Waals surface area contributed by atoms with Crippen LogP contribution in [0.4, 0.5) is 0 Å². The molecule has 1 aromatic rings. The molecule has 13 heavy (non-hydrogen) atoms. The fraction of sp³-hybridized carbons (Fsp3) is 0.538. The van der Waals surface area contributed by atoms with Gasteiger partial charge in [-0.1, -0.05) is 52.0 Å². The van der Waals surface area contributed by atoms with Crippen LogP contribution in [0, 0.1) is 5.92 Å². The third kappa shape index (κ3) is 3.22. The molecule has 0 fully saturated rings. The fourth-order valence-corrected chi connectivity index (χ4v) is 1.45. The first-order valence-electron chi connectivity index (χ1n) is 5.49. The first-order chi connectivity index (χ1) is 6.39. The van der Waals surface area contributed by atoms with E-state index in [4.69, 9.17) is 1.37 Å². The third-order valence-corrected chi connectivity index (χ3v) is 2.18. The molecule has 0 aliphatic rings. The Morgan fingerprint density at radius 3 is 2.00 bits per heavy atom. The van der Waals surface area contributed by atoms with E-state index < -0.39 is 5.89 Å². The average molecular weight is 178 g/mol. The maximum absolute atomic E-state index is 7.88. The van der Waals surface area contributed by atoms with Crippen molar-refractivity contribution in [3.8, 4) is 0 Å². The molecular formula is C13H20. The fourth-order valence-electron chi connectivity index (χ4n) is 1.45. The summed E-state index contributed by atoms with van der Waals surface area (Å²) in [6.07, 6.45) is 1.12. The van der Waals surface area contributed by atoms with Crippen molar-refractivity contribution < 1.29 is 1.37 Å². The minimum Gasteiger partial charge on any atom is -0.0625 e. The van der Waals surface area contributed by atoms with E-state index >= 15 is 0 Å². The topological polar surface area (TPSA) is 0 Å². The van der Waals surface area contributed by atoms with E-state index in [0.29, 0.717) is 5.92 Å². The molecule has 0 saturated carbocycles. The van der Waals surface area contributed by atoms with Gasteiger partial charge in [0.15, 0.2) is 0 Å². The average Bonchev–Trinajstić information content (AvgIpc) is 2.02. The van der Waals surface area contributed by atoms with Gasteiger partial charge in [-0.3, -0.25) is 0 Å². The summed E-state index contributed by atoms with van der Waals surface area (Å²) >= 11 is 0. The van der Waals surface area contributed by atoms with Gasteiger partial charge in [0.1, 0.15) is 0 Å². The molecule has 1 rings (SSSR count). The summed E-state index contributed by atoms with van der Waals surface area (Å²) in [6, 6.07) is 8.44. The van der Waals surface area contributed by atoms with Crippen LogP contribution >= 0.6 is 0 Å². The second-order valence-electron chi connectivity index (χ2n) is 4.29. The van der Waals surface area contributed by atoms with Crippen molar-refractivity contribution >= 4 is 0 Å². The van der Waals surface area contributed by atoms with Crippen molar-refractivity contribution in [2.24, 2.45) is 5.92 Å². The smallest absolute Gasteiger partial charge is 0.0347 e. The molecule has 0 N–H and O–H groups in total. The van der Waals surface area contributed by atoms with E-state index in [1.807, 2.05) is 13.8 Å². The van der Waals surface area contributed by atoms with Crippen LogP contribution in [0.3, 0.4) is 0 Å². The standard InChI is InChI=1S/C13H20/c1-10(2)9-12-5-7-13(8-6-12)11(3)4/h5-8,10-11H,9H2,1-4H3/i11T. The largest absolute Gasteiger partial charge is 0.0625 e. The molecule has 0 aliphatic carbocycles. The Balaban J connectivity index is 2.79. The highest BCUT2D eigenvalue weighted by molar-refractivity contribution is 5.24. The monoisotopic (exact) mass is 178 g/mol. The molecule has 0 aliphatic heterocycles. The van der Waals surface area contributed by atoms with Gasteiger partial charge in [-0.15, -0.1) is 0 Å². The molecule has 0 radical (unpaired) electrons. The molecule has 0 spiro atoms. The minimum atomic E-state index is -0.476. The number of hydrogen-bond acceptors (Lipinski definition) is 0. The molecular weight excluding hydrogens is 156 g/mol. The zero-order valence-corrected chi connectivity index (χ0v) is 9.09. The molecule has 0 heteroatoms. The Morgan fingerprint density at radius 1 is 1.08 bits per heavy atom. The SMILES string of the molecule is [3H]C(C)(C)c1ccc(CC(C)C)cc1. The van der Waals surface area contributed by atoms with Gasteiger partial charge >= 0.3 is 0 Å². The molecule has 0 amide bonds. The van der Waals surface area contributed by atoms with Crippen LogP contribution < -0.4 is 0 Å². The predicted molar refractivity (Wildman–Crippen MR) is 59.1 cm³/mol. The zero-order chi connectivity index (χ0) is 10.8. The summed E-state index contributed by atoms with van der Waals surface area (Å²) in [6.45, 7) is 8.29. The van der Waals surface area contributed by atoms with Crippen LogP contribution in [0.15, 0.2) is 24.3 Å². The van der Waals surface area contributed by atoms with Gasteiger partial charge in [-0.2, -0.15) is 0 Å². The molecule has 1 aromatic carbocycles. The van der Waals surface area contributed by atoms with E-state index in [1.165, 1.54) is 5.56 Å². The highest BCUT2D eigenvalue weighted by atomic mass is 14.1. The quantitative estimate of drug-likeness (QED) is 0.656.